The number of carbonyl (C=O) groups excluding carboxylic acids is 1. The van der Waals surface area contributed by atoms with Crippen molar-refractivity contribution in [3.8, 4) is 5.75 Å². The van der Waals surface area contributed by atoms with E-state index in [9.17, 15) is 13.2 Å². The minimum absolute atomic E-state index is 0.143. The lowest BCUT2D eigenvalue weighted by Gasteiger charge is -2.31. The van der Waals surface area contributed by atoms with Gasteiger partial charge in [0.05, 0.1) is 25.3 Å². The second-order valence-electron chi connectivity index (χ2n) is 6.90. The lowest BCUT2D eigenvalue weighted by atomic mass is 9.99. The van der Waals surface area contributed by atoms with E-state index in [0.717, 1.165) is 11.3 Å². The molecule has 1 aliphatic rings. The molecule has 8 heteroatoms. The molecule has 1 fully saturated rings. The molecule has 3 rings (SSSR count). The van der Waals surface area contributed by atoms with E-state index in [0.29, 0.717) is 31.7 Å². The number of carbonyl (C=O) groups is 1. The van der Waals surface area contributed by atoms with Crippen LogP contribution in [0.3, 0.4) is 0 Å². The van der Waals surface area contributed by atoms with E-state index in [1.54, 1.807) is 18.3 Å². The number of methoxy groups -OCH3 is 1. The van der Waals surface area contributed by atoms with E-state index >= 15 is 0 Å². The van der Waals surface area contributed by atoms with Crippen LogP contribution in [0.25, 0.3) is 0 Å². The van der Waals surface area contributed by atoms with Gasteiger partial charge in [-0.15, -0.1) is 0 Å². The van der Waals surface area contributed by atoms with Crippen molar-refractivity contribution in [2.45, 2.75) is 31.2 Å². The van der Waals surface area contributed by atoms with Gasteiger partial charge in [0.25, 0.3) is 0 Å². The number of ether oxygens (including phenoxy) is 1. The maximum absolute atomic E-state index is 13.2. The summed E-state index contributed by atoms with van der Waals surface area (Å²) in [6, 6.07) is 10.6. The molecule has 1 N–H and O–H groups in total. The Kier molecular flexibility index (Phi) is 6.31. The van der Waals surface area contributed by atoms with Crippen LogP contribution in [0, 0.1) is 12.8 Å². The van der Waals surface area contributed by atoms with Gasteiger partial charge in [-0.3, -0.25) is 9.78 Å². The summed E-state index contributed by atoms with van der Waals surface area (Å²) in [4.78, 5) is 16.9. The molecule has 2 heterocycles. The molecular weight excluding hydrogens is 378 g/mol. The predicted octanol–water partition coefficient (Wildman–Crippen LogP) is 2.12. The Morgan fingerprint density at radius 2 is 2.14 bits per heavy atom. The van der Waals surface area contributed by atoms with Crippen molar-refractivity contribution < 1.29 is 17.9 Å². The number of nitrogens with one attached hydrogen (secondary N) is 1. The van der Waals surface area contributed by atoms with Crippen LogP contribution in [0.4, 0.5) is 0 Å². The fourth-order valence-electron chi connectivity index (χ4n) is 3.32. The van der Waals surface area contributed by atoms with E-state index in [1.807, 2.05) is 31.2 Å². The van der Waals surface area contributed by atoms with E-state index in [-0.39, 0.29) is 23.3 Å². The van der Waals surface area contributed by atoms with Crippen molar-refractivity contribution >= 4 is 15.9 Å². The molecule has 0 aliphatic carbocycles. The maximum atomic E-state index is 13.2. The Morgan fingerprint density at radius 3 is 2.86 bits per heavy atom. The summed E-state index contributed by atoms with van der Waals surface area (Å²) in [5.41, 5.74) is 1.60. The van der Waals surface area contributed by atoms with E-state index < -0.39 is 10.0 Å². The topological polar surface area (TPSA) is 88.6 Å². The van der Waals surface area contributed by atoms with Gasteiger partial charge in [-0.1, -0.05) is 12.1 Å². The molecule has 1 atom stereocenters. The number of aryl methyl sites for hydroxylation is 1. The summed E-state index contributed by atoms with van der Waals surface area (Å²) in [5, 5.41) is 2.86. The molecule has 0 radical (unpaired) electrons. The number of hydrogen-bond acceptors (Lipinski definition) is 5. The van der Waals surface area contributed by atoms with Gasteiger partial charge in [-0.05, 0) is 49.6 Å². The summed E-state index contributed by atoms with van der Waals surface area (Å²) in [7, 11) is -2.29. The molecule has 1 saturated heterocycles. The molecule has 28 heavy (non-hydrogen) atoms. The highest BCUT2D eigenvalue weighted by Crippen LogP contribution is 2.30. The van der Waals surface area contributed by atoms with Crippen molar-refractivity contribution in [1.29, 1.82) is 0 Å². The Bertz CT molecular complexity index is 932. The fraction of sp³-hybridized carbons (Fsp3) is 0.400. The number of benzene rings is 1. The molecule has 2 aromatic rings. The predicted molar refractivity (Wildman–Crippen MR) is 105 cm³/mol. The van der Waals surface area contributed by atoms with Crippen LogP contribution in [-0.4, -0.2) is 43.8 Å². The Hall–Kier alpha value is -2.45. The van der Waals surface area contributed by atoms with E-state index in [1.165, 1.54) is 11.4 Å². The van der Waals surface area contributed by atoms with Crippen LogP contribution in [0.2, 0.25) is 0 Å². The van der Waals surface area contributed by atoms with Crippen LogP contribution in [0.1, 0.15) is 24.1 Å². The number of pyridine rings is 1. The highest BCUT2D eigenvalue weighted by Gasteiger charge is 2.34. The van der Waals surface area contributed by atoms with Gasteiger partial charge >= 0.3 is 0 Å². The molecule has 1 aromatic heterocycles. The number of hydrogen-bond donors (Lipinski definition) is 1. The van der Waals surface area contributed by atoms with Gasteiger partial charge in [0.1, 0.15) is 10.6 Å². The van der Waals surface area contributed by atoms with Gasteiger partial charge in [0.2, 0.25) is 15.9 Å². The second-order valence-corrected chi connectivity index (χ2v) is 8.80. The first-order chi connectivity index (χ1) is 13.4. The van der Waals surface area contributed by atoms with Crippen LogP contribution < -0.4 is 10.1 Å². The normalized spacial score (nSPS) is 17.9. The largest absolute Gasteiger partial charge is 0.495 e. The minimum atomic E-state index is -3.74. The molecule has 0 spiro atoms. The lowest BCUT2D eigenvalue weighted by molar-refractivity contribution is -0.126. The van der Waals surface area contributed by atoms with Crippen molar-refractivity contribution in [3.05, 3.63) is 53.9 Å². The third kappa shape index (κ3) is 4.51. The third-order valence-corrected chi connectivity index (χ3v) is 6.75. The zero-order valence-corrected chi connectivity index (χ0v) is 16.9. The third-order valence-electron chi connectivity index (χ3n) is 4.86. The molecule has 1 amide bonds. The molecular formula is C20H25N3O4S. The zero-order chi connectivity index (χ0) is 20.1. The smallest absolute Gasteiger partial charge is 0.246 e. The average molecular weight is 404 g/mol. The van der Waals surface area contributed by atoms with Gasteiger partial charge in [0.15, 0.2) is 0 Å². The highest BCUT2D eigenvalue weighted by molar-refractivity contribution is 7.89. The fourth-order valence-corrected chi connectivity index (χ4v) is 5.09. The van der Waals surface area contributed by atoms with Crippen molar-refractivity contribution in [2.75, 3.05) is 20.2 Å². The number of rotatable bonds is 6. The highest BCUT2D eigenvalue weighted by atomic mass is 32.2. The quantitative estimate of drug-likeness (QED) is 0.798. The summed E-state index contributed by atoms with van der Waals surface area (Å²) >= 11 is 0. The Labute approximate surface area is 165 Å². The van der Waals surface area contributed by atoms with Crippen LogP contribution in [0.5, 0.6) is 5.75 Å². The number of sulfonamides is 1. The van der Waals surface area contributed by atoms with Crippen LogP contribution in [-0.2, 0) is 21.4 Å². The second kappa shape index (κ2) is 8.70. The molecule has 7 nitrogen and oxygen atoms in total. The number of amides is 1. The van der Waals surface area contributed by atoms with Crippen molar-refractivity contribution in [3.63, 3.8) is 0 Å². The molecule has 1 aromatic carbocycles. The molecule has 150 valence electrons. The van der Waals surface area contributed by atoms with E-state index in [4.69, 9.17) is 4.74 Å². The van der Waals surface area contributed by atoms with Crippen LogP contribution in [0.15, 0.2) is 47.5 Å². The van der Waals surface area contributed by atoms with E-state index in [2.05, 4.69) is 10.3 Å². The van der Waals surface area contributed by atoms with Crippen molar-refractivity contribution in [1.82, 2.24) is 14.6 Å². The summed E-state index contributed by atoms with van der Waals surface area (Å²) in [6.07, 6.45) is 2.96. The monoisotopic (exact) mass is 403 g/mol. The minimum Gasteiger partial charge on any atom is -0.495 e. The first-order valence-electron chi connectivity index (χ1n) is 9.24. The number of piperidine rings is 1. The maximum Gasteiger partial charge on any atom is 0.246 e. The summed E-state index contributed by atoms with van der Waals surface area (Å²) < 4.78 is 33.0. The van der Waals surface area contributed by atoms with Gasteiger partial charge < -0.3 is 10.1 Å². The summed E-state index contributed by atoms with van der Waals surface area (Å²) in [6.45, 7) is 2.72. The molecule has 0 saturated carbocycles. The SMILES string of the molecule is COc1ccc(C)cc1S(=O)(=O)N1CCC[C@H](C(=O)NCc2ccccn2)C1. The first kappa shape index (κ1) is 20.3. The van der Waals surface area contributed by atoms with Gasteiger partial charge in [0, 0.05) is 19.3 Å². The number of aromatic nitrogens is 1. The van der Waals surface area contributed by atoms with Gasteiger partial charge in [-0.2, -0.15) is 4.31 Å². The Morgan fingerprint density at radius 1 is 1.32 bits per heavy atom. The first-order valence-corrected chi connectivity index (χ1v) is 10.7. The summed E-state index contributed by atoms with van der Waals surface area (Å²) in [5.74, 6) is -0.225. The van der Waals surface area contributed by atoms with Crippen molar-refractivity contribution in [2.24, 2.45) is 5.92 Å². The molecule has 0 bridgehead atoms. The average Bonchev–Trinajstić information content (AvgIpc) is 2.72. The molecule has 0 unspecified atom stereocenters. The lowest BCUT2D eigenvalue weighted by Crippen LogP contribution is -2.45. The standard InChI is InChI=1S/C20H25N3O4S/c1-15-8-9-18(27-2)19(12-15)28(25,26)23-11-5-6-16(14-23)20(24)22-13-17-7-3-4-10-21-17/h3-4,7-10,12,16H,5-6,11,13-14H2,1-2H3,(H,22,24)/t16-/m0/s1. The molecule has 1 aliphatic heterocycles. The Balaban J connectivity index is 1.72. The zero-order valence-electron chi connectivity index (χ0n) is 16.1. The number of nitrogens with zero attached hydrogens (tertiary/aromatic N) is 2. The van der Waals surface area contributed by atoms with Crippen LogP contribution >= 0.6 is 0 Å². The van der Waals surface area contributed by atoms with Gasteiger partial charge in [-0.25, -0.2) is 8.42 Å².